The molecule has 1 fully saturated rings. The van der Waals surface area contributed by atoms with Gasteiger partial charge in [-0.2, -0.15) is 4.31 Å². The molecule has 0 N–H and O–H groups in total. The molecule has 3 nitrogen and oxygen atoms in total. The maximum atomic E-state index is 12.8. The fourth-order valence-corrected chi connectivity index (χ4v) is 3.84. The van der Waals surface area contributed by atoms with E-state index < -0.39 is 22.5 Å². The van der Waals surface area contributed by atoms with Crippen LogP contribution < -0.4 is 0 Å². The van der Waals surface area contributed by atoms with Crippen LogP contribution in [0.1, 0.15) is 18.4 Å². The Morgan fingerprint density at radius 3 is 2.44 bits per heavy atom. The lowest BCUT2D eigenvalue weighted by Gasteiger charge is -2.23. The van der Waals surface area contributed by atoms with Crippen LogP contribution in [0.4, 0.5) is 8.78 Å². The molecule has 1 aromatic carbocycles. The van der Waals surface area contributed by atoms with Crippen molar-refractivity contribution in [3.63, 3.8) is 0 Å². The second-order valence-corrected chi connectivity index (χ2v) is 6.36. The van der Waals surface area contributed by atoms with E-state index in [2.05, 4.69) is 0 Å². The SMILES string of the molecule is Cc1ccc(S(=O)(=O)N2CCC[C@H]2C(F)F)cc1. The monoisotopic (exact) mass is 275 g/mol. The minimum Gasteiger partial charge on any atom is -0.209 e. The number of nitrogens with zero attached hydrogens (tertiary/aromatic N) is 1. The third kappa shape index (κ3) is 2.40. The molecule has 1 aliphatic rings. The summed E-state index contributed by atoms with van der Waals surface area (Å²) in [7, 11) is -3.80. The first-order valence-corrected chi connectivity index (χ1v) is 7.23. The van der Waals surface area contributed by atoms with E-state index in [0.717, 1.165) is 9.87 Å². The van der Waals surface area contributed by atoms with Gasteiger partial charge in [-0.1, -0.05) is 17.7 Å². The summed E-state index contributed by atoms with van der Waals surface area (Å²) in [6.07, 6.45) is -1.92. The second-order valence-electron chi connectivity index (χ2n) is 4.47. The highest BCUT2D eigenvalue weighted by atomic mass is 32.2. The number of aryl methyl sites for hydroxylation is 1. The number of rotatable bonds is 3. The van der Waals surface area contributed by atoms with E-state index in [9.17, 15) is 17.2 Å². The van der Waals surface area contributed by atoms with E-state index in [-0.39, 0.29) is 17.9 Å². The number of halogens is 2. The van der Waals surface area contributed by atoms with Crippen LogP contribution in [0, 0.1) is 6.92 Å². The van der Waals surface area contributed by atoms with Gasteiger partial charge in [-0.3, -0.25) is 0 Å². The Balaban J connectivity index is 2.33. The molecule has 1 saturated heterocycles. The molecule has 1 aliphatic heterocycles. The van der Waals surface area contributed by atoms with Crippen LogP contribution in [0.5, 0.6) is 0 Å². The highest BCUT2D eigenvalue weighted by Gasteiger charge is 2.40. The van der Waals surface area contributed by atoms with Crippen molar-refractivity contribution < 1.29 is 17.2 Å². The zero-order valence-corrected chi connectivity index (χ0v) is 10.8. The van der Waals surface area contributed by atoms with Crippen LogP contribution in [0.15, 0.2) is 29.2 Å². The minimum atomic E-state index is -3.80. The van der Waals surface area contributed by atoms with Gasteiger partial charge in [-0.15, -0.1) is 0 Å². The Hall–Kier alpha value is -1.01. The van der Waals surface area contributed by atoms with Crippen LogP contribution >= 0.6 is 0 Å². The van der Waals surface area contributed by atoms with Gasteiger partial charge in [0.05, 0.1) is 10.9 Å². The average molecular weight is 275 g/mol. The molecule has 0 bridgehead atoms. The number of hydrogen-bond donors (Lipinski definition) is 0. The third-order valence-corrected chi connectivity index (χ3v) is 5.11. The largest absolute Gasteiger partial charge is 0.255 e. The Bertz CT molecular complexity index is 513. The molecular weight excluding hydrogens is 260 g/mol. The van der Waals surface area contributed by atoms with Gasteiger partial charge in [-0.25, -0.2) is 17.2 Å². The van der Waals surface area contributed by atoms with Crippen molar-refractivity contribution in [2.75, 3.05) is 6.54 Å². The van der Waals surface area contributed by atoms with Crippen LogP contribution in [-0.4, -0.2) is 31.7 Å². The highest BCUT2D eigenvalue weighted by Crippen LogP contribution is 2.29. The number of alkyl halides is 2. The minimum absolute atomic E-state index is 0.0839. The van der Waals surface area contributed by atoms with Gasteiger partial charge in [0.15, 0.2) is 0 Å². The molecule has 0 saturated carbocycles. The molecular formula is C12H15F2NO2S. The zero-order chi connectivity index (χ0) is 13.3. The summed E-state index contributed by atoms with van der Waals surface area (Å²) in [5.41, 5.74) is 0.931. The molecule has 1 heterocycles. The van der Waals surface area contributed by atoms with Crippen molar-refractivity contribution in [2.24, 2.45) is 0 Å². The lowest BCUT2D eigenvalue weighted by atomic mass is 10.2. The molecule has 0 aliphatic carbocycles. The predicted molar refractivity (Wildman–Crippen MR) is 64.1 cm³/mol. The molecule has 0 unspecified atom stereocenters. The van der Waals surface area contributed by atoms with E-state index in [1.165, 1.54) is 12.1 Å². The first-order valence-electron chi connectivity index (χ1n) is 5.79. The van der Waals surface area contributed by atoms with Gasteiger partial charge in [0.25, 0.3) is 6.43 Å². The summed E-state index contributed by atoms with van der Waals surface area (Å²) in [5.74, 6) is 0. The first-order chi connectivity index (χ1) is 8.43. The van der Waals surface area contributed by atoms with E-state index in [1.807, 2.05) is 6.92 Å². The predicted octanol–water partition coefficient (Wildman–Crippen LogP) is 2.41. The van der Waals surface area contributed by atoms with Crippen LogP contribution in [0.25, 0.3) is 0 Å². The molecule has 0 spiro atoms. The Morgan fingerprint density at radius 1 is 1.28 bits per heavy atom. The van der Waals surface area contributed by atoms with E-state index in [0.29, 0.717) is 6.42 Å². The molecule has 0 radical (unpaired) electrons. The summed E-state index contributed by atoms with van der Waals surface area (Å²) in [6, 6.07) is 5.08. The summed E-state index contributed by atoms with van der Waals surface area (Å²) in [6.45, 7) is 2.01. The lowest BCUT2D eigenvalue weighted by molar-refractivity contribution is 0.0784. The van der Waals surface area contributed by atoms with E-state index in [4.69, 9.17) is 0 Å². The summed E-state index contributed by atoms with van der Waals surface area (Å²) in [5, 5.41) is 0. The molecule has 2 rings (SSSR count). The maximum Gasteiger partial charge on any atom is 0.255 e. The van der Waals surface area contributed by atoms with Crippen LogP contribution in [0.3, 0.4) is 0 Å². The third-order valence-electron chi connectivity index (χ3n) is 3.17. The number of sulfonamides is 1. The first kappa shape index (κ1) is 13.4. The summed E-state index contributed by atoms with van der Waals surface area (Å²) < 4.78 is 51.0. The Kier molecular flexibility index (Phi) is 3.68. The number of hydrogen-bond acceptors (Lipinski definition) is 2. The standard InChI is InChI=1S/C12H15F2NO2S/c1-9-4-6-10(7-5-9)18(16,17)15-8-2-3-11(15)12(13)14/h4-7,11-12H,2-3,8H2,1H3/t11-/m0/s1. The topological polar surface area (TPSA) is 37.4 Å². The zero-order valence-electron chi connectivity index (χ0n) is 10.0. The van der Waals surface area contributed by atoms with Gasteiger partial charge in [0.2, 0.25) is 10.0 Å². The smallest absolute Gasteiger partial charge is 0.209 e. The van der Waals surface area contributed by atoms with Crippen molar-refractivity contribution >= 4 is 10.0 Å². The molecule has 1 aromatic rings. The van der Waals surface area contributed by atoms with Gasteiger partial charge in [-0.05, 0) is 31.9 Å². The average Bonchev–Trinajstić information content (AvgIpc) is 2.79. The molecule has 6 heteroatoms. The van der Waals surface area contributed by atoms with Gasteiger partial charge >= 0.3 is 0 Å². The fourth-order valence-electron chi connectivity index (χ4n) is 2.16. The highest BCUT2D eigenvalue weighted by molar-refractivity contribution is 7.89. The summed E-state index contributed by atoms with van der Waals surface area (Å²) >= 11 is 0. The second kappa shape index (κ2) is 4.93. The van der Waals surface area contributed by atoms with Crippen molar-refractivity contribution in [1.29, 1.82) is 0 Å². The molecule has 100 valence electrons. The normalized spacial score (nSPS) is 21.7. The van der Waals surface area contributed by atoms with Crippen LogP contribution in [-0.2, 0) is 10.0 Å². The quantitative estimate of drug-likeness (QED) is 0.849. The molecule has 1 atom stereocenters. The molecule has 0 amide bonds. The lowest BCUT2D eigenvalue weighted by Crippen LogP contribution is -2.39. The van der Waals surface area contributed by atoms with Crippen molar-refractivity contribution in [2.45, 2.75) is 37.1 Å². The van der Waals surface area contributed by atoms with E-state index in [1.54, 1.807) is 12.1 Å². The van der Waals surface area contributed by atoms with E-state index >= 15 is 0 Å². The van der Waals surface area contributed by atoms with Gasteiger partial charge in [0.1, 0.15) is 0 Å². The Morgan fingerprint density at radius 2 is 1.89 bits per heavy atom. The Labute approximate surface area is 105 Å². The summed E-state index contributed by atoms with van der Waals surface area (Å²) in [4.78, 5) is 0.0839. The fraction of sp³-hybridized carbons (Fsp3) is 0.500. The van der Waals surface area contributed by atoms with Crippen LogP contribution in [0.2, 0.25) is 0 Å². The molecule has 0 aromatic heterocycles. The molecule has 18 heavy (non-hydrogen) atoms. The van der Waals surface area contributed by atoms with Crippen molar-refractivity contribution in [1.82, 2.24) is 4.31 Å². The number of benzene rings is 1. The van der Waals surface area contributed by atoms with Gasteiger partial charge in [0, 0.05) is 6.54 Å². The maximum absolute atomic E-state index is 12.8. The van der Waals surface area contributed by atoms with Crippen molar-refractivity contribution in [3.8, 4) is 0 Å². The van der Waals surface area contributed by atoms with Gasteiger partial charge < -0.3 is 0 Å². The van der Waals surface area contributed by atoms with Crippen molar-refractivity contribution in [3.05, 3.63) is 29.8 Å².